The Morgan fingerprint density at radius 3 is 2.43 bits per heavy atom. The molecule has 0 spiro atoms. The van der Waals surface area contributed by atoms with E-state index < -0.39 is 0 Å². The summed E-state index contributed by atoms with van der Waals surface area (Å²) in [5, 5.41) is 10.8. The van der Waals surface area contributed by atoms with Gasteiger partial charge in [0, 0.05) is 18.3 Å². The van der Waals surface area contributed by atoms with Gasteiger partial charge in [-0.1, -0.05) is 67.6 Å². The maximum atomic E-state index is 4.68. The van der Waals surface area contributed by atoms with Gasteiger partial charge in [-0.05, 0) is 12.0 Å². The Balaban J connectivity index is 1.97. The lowest BCUT2D eigenvalue weighted by atomic mass is 10.1. The minimum absolute atomic E-state index is 0.790. The second kappa shape index (κ2) is 7.40. The third-order valence-electron chi connectivity index (χ3n) is 3.49. The van der Waals surface area contributed by atoms with E-state index >= 15 is 0 Å². The van der Waals surface area contributed by atoms with E-state index in [2.05, 4.69) is 39.6 Å². The van der Waals surface area contributed by atoms with Crippen molar-refractivity contribution in [3.63, 3.8) is 0 Å². The van der Waals surface area contributed by atoms with Gasteiger partial charge in [0.15, 0.2) is 5.82 Å². The highest BCUT2D eigenvalue weighted by atomic mass is 15.2. The molecule has 3 rings (SSSR count). The SMILES string of the molecule is CCCNc1n[nH]c(-c2ccccc2)c1N=Cc1ccccc1. The van der Waals surface area contributed by atoms with Crippen LogP contribution in [0, 0.1) is 0 Å². The Labute approximate surface area is 136 Å². The molecule has 0 saturated heterocycles. The smallest absolute Gasteiger partial charge is 0.174 e. The van der Waals surface area contributed by atoms with Crippen LogP contribution in [-0.2, 0) is 0 Å². The molecular weight excluding hydrogens is 284 g/mol. The number of anilines is 1. The Bertz CT molecular complexity index is 761. The highest BCUT2D eigenvalue weighted by Crippen LogP contribution is 2.34. The second-order valence-corrected chi connectivity index (χ2v) is 5.26. The summed E-state index contributed by atoms with van der Waals surface area (Å²) in [7, 11) is 0. The predicted octanol–water partition coefficient (Wildman–Crippen LogP) is 4.65. The normalized spacial score (nSPS) is 11.0. The van der Waals surface area contributed by atoms with Gasteiger partial charge in [-0.25, -0.2) is 0 Å². The molecule has 3 aromatic rings. The van der Waals surface area contributed by atoms with E-state index in [-0.39, 0.29) is 0 Å². The molecule has 0 radical (unpaired) electrons. The fourth-order valence-corrected chi connectivity index (χ4v) is 2.31. The summed E-state index contributed by atoms with van der Waals surface area (Å²) >= 11 is 0. The minimum atomic E-state index is 0.790. The maximum Gasteiger partial charge on any atom is 0.174 e. The van der Waals surface area contributed by atoms with E-state index in [1.807, 2.05) is 54.7 Å². The van der Waals surface area contributed by atoms with Crippen molar-refractivity contribution in [2.75, 3.05) is 11.9 Å². The highest BCUT2D eigenvalue weighted by molar-refractivity contribution is 5.88. The molecule has 0 unspecified atom stereocenters. The predicted molar refractivity (Wildman–Crippen MR) is 96.5 cm³/mol. The zero-order valence-electron chi connectivity index (χ0n) is 13.2. The largest absolute Gasteiger partial charge is 0.367 e. The van der Waals surface area contributed by atoms with E-state index in [9.17, 15) is 0 Å². The van der Waals surface area contributed by atoms with Gasteiger partial charge in [0.1, 0.15) is 5.69 Å². The van der Waals surface area contributed by atoms with Crippen LogP contribution in [0.25, 0.3) is 11.3 Å². The number of hydrogen-bond acceptors (Lipinski definition) is 3. The van der Waals surface area contributed by atoms with Crippen molar-refractivity contribution < 1.29 is 0 Å². The summed E-state index contributed by atoms with van der Waals surface area (Å²) in [6.45, 7) is 3.00. The van der Waals surface area contributed by atoms with Gasteiger partial charge < -0.3 is 5.32 Å². The number of nitrogens with zero attached hydrogens (tertiary/aromatic N) is 2. The van der Waals surface area contributed by atoms with Crippen LogP contribution in [0.15, 0.2) is 65.7 Å². The van der Waals surface area contributed by atoms with Crippen LogP contribution in [0.4, 0.5) is 11.5 Å². The van der Waals surface area contributed by atoms with Crippen LogP contribution in [0.1, 0.15) is 18.9 Å². The lowest BCUT2D eigenvalue weighted by Gasteiger charge is -2.03. The van der Waals surface area contributed by atoms with E-state index in [0.29, 0.717) is 0 Å². The fourth-order valence-electron chi connectivity index (χ4n) is 2.31. The summed E-state index contributed by atoms with van der Waals surface area (Å²) in [5.74, 6) is 0.790. The third-order valence-corrected chi connectivity index (χ3v) is 3.49. The summed E-state index contributed by atoms with van der Waals surface area (Å²) < 4.78 is 0. The summed E-state index contributed by atoms with van der Waals surface area (Å²) in [6.07, 6.45) is 2.91. The van der Waals surface area contributed by atoms with Gasteiger partial charge in [-0.3, -0.25) is 10.1 Å². The van der Waals surface area contributed by atoms with Crippen molar-refractivity contribution in [2.24, 2.45) is 4.99 Å². The van der Waals surface area contributed by atoms with Crippen molar-refractivity contribution >= 4 is 17.7 Å². The molecule has 0 bridgehead atoms. The van der Waals surface area contributed by atoms with Crippen molar-refractivity contribution in [1.82, 2.24) is 10.2 Å². The number of hydrogen-bond donors (Lipinski definition) is 2. The van der Waals surface area contributed by atoms with Crippen LogP contribution in [0.2, 0.25) is 0 Å². The number of nitrogens with one attached hydrogen (secondary N) is 2. The number of rotatable bonds is 6. The first kappa shape index (κ1) is 15.0. The number of aromatic nitrogens is 2. The van der Waals surface area contributed by atoms with Gasteiger partial charge in [0.25, 0.3) is 0 Å². The summed E-state index contributed by atoms with van der Waals surface area (Å²) in [4.78, 5) is 4.68. The van der Waals surface area contributed by atoms with Gasteiger partial charge in [-0.2, -0.15) is 5.10 Å². The lowest BCUT2D eigenvalue weighted by molar-refractivity contribution is 0.961. The molecule has 0 fully saturated rings. The third kappa shape index (κ3) is 3.66. The average Bonchev–Trinajstić information content (AvgIpc) is 3.02. The molecule has 2 aromatic carbocycles. The quantitative estimate of drug-likeness (QED) is 0.651. The van der Waals surface area contributed by atoms with E-state index in [4.69, 9.17) is 0 Å². The molecule has 0 aliphatic rings. The molecule has 1 heterocycles. The lowest BCUT2D eigenvalue weighted by Crippen LogP contribution is -2.00. The molecule has 23 heavy (non-hydrogen) atoms. The zero-order chi connectivity index (χ0) is 15.9. The monoisotopic (exact) mass is 304 g/mol. The standard InChI is InChI=1S/C19H20N4/c1-2-13-20-19-18(21-14-15-9-5-3-6-10-15)17(22-23-19)16-11-7-4-8-12-16/h3-12,14H,2,13H2,1H3,(H2,20,22,23). The Morgan fingerprint density at radius 2 is 1.74 bits per heavy atom. The van der Waals surface area contributed by atoms with Crippen LogP contribution >= 0.6 is 0 Å². The molecule has 0 amide bonds. The van der Waals surface area contributed by atoms with Crippen LogP contribution in [-0.4, -0.2) is 23.0 Å². The first-order chi connectivity index (χ1) is 11.4. The number of H-pyrrole nitrogens is 1. The zero-order valence-corrected chi connectivity index (χ0v) is 13.2. The molecule has 0 aliphatic heterocycles. The number of benzene rings is 2. The molecule has 1 aromatic heterocycles. The van der Waals surface area contributed by atoms with Gasteiger partial charge in [-0.15, -0.1) is 0 Å². The van der Waals surface area contributed by atoms with Crippen molar-refractivity contribution in [1.29, 1.82) is 0 Å². The van der Waals surface area contributed by atoms with Gasteiger partial charge in [0.05, 0.1) is 5.69 Å². The molecule has 4 heteroatoms. The van der Waals surface area contributed by atoms with Crippen LogP contribution < -0.4 is 5.32 Å². The van der Waals surface area contributed by atoms with Gasteiger partial charge >= 0.3 is 0 Å². The Kier molecular flexibility index (Phi) is 4.84. The molecule has 116 valence electrons. The maximum absolute atomic E-state index is 4.68. The first-order valence-corrected chi connectivity index (χ1v) is 7.85. The fraction of sp³-hybridized carbons (Fsp3) is 0.158. The number of aromatic amines is 1. The molecular formula is C19H20N4. The first-order valence-electron chi connectivity index (χ1n) is 7.85. The second-order valence-electron chi connectivity index (χ2n) is 5.26. The minimum Gasteiger partial charge on any atom is -0.367 e. The van der Waals surface area contributed by atoms with Crippen molar-refractivity contribution in [2.45, 2.75) is 13.3 Å². The highest BCUT2D eigenvalue weighted by Gasteiger charge is 2.13. The van der Waals surface area contributed by atoms with Gasteiger partial charge in [0.2, 0.25) is 0 Å². The average molecular weight is 304 g/mol. The van der Waals surface area contributed by atoms with E-state index in [1.54, 1.807) is 0 Å². The molecule has 4 nitrogen and oxygen atoms in total. The molecule has 0 aliphatic carbocycles. The summed E-state index contributed by atoms with van der Waals surface area (Å²) in [6, 6.07) is 20.2. The van der Waals surface area contributed by atoms with Crippen molar-refractivity contribution in [3.8, 4) is 11.3 Å². The van der Waals surface area contributed by atoms with E-state index in [1.165, 1.54) is 0 Å². The molecule has 0 atom stereocenters. The Morgan fingerprint density at radius 1 is 1.04 bits per heavy atom. The number of aliphatic imine (C=N–C) groups is 1. The van der Waals surface area contributed by atoms with Crippen LogP contribution in [0.5, 0.6) is 0 Å². The molecule has 2 N–H and O–H groups in total. The van der Waals surface area contributed by atoms with Crippen LogP contribution in [0.3, 0.4) is 0 Å². The Hall–Kier alpha value is -2.88. The van der Waals surface area contributed by atoms with E-state index in [0.717, 1.165) is 41.3 Å². The topological polar surface area (TPSA) is 53.1 Å². The van der Waals surface area contributed by atoms with Crippen molar-refractivity contribution in [3.05, 3.63) is 66.2 Å². The summed E-state index contributed by atoms with van der Waals surface area (Å²) in [5.41, 5.74) is 3.91. The molecule has 0 saturated carbocycles.